The zero-order chi connectivity index (χ0) is 20.6. The van der Waals surface area contributed by atoms with Crippen LogP contribution >= 0.6 is 0 Å². The molecule has 0 amide bonds. The Labute approximate surface area is 176 Å². The predicted octanol–water partition coefficient (Wildman–Crippen LogP) is 4.20. The predicted molar refractivity (Wildman–Crippen MR) is 120 cm³/mol. The summed E-state index contributed by atoms with van der Waals surface area (Å²) in [7, 11) is 0. The average molecular weight is 401 g/mol. The molecule has 1 fully saturated rings. The van der Waals surface area contributed by atoms with Crippen molar-refractivity contribution in [3.63, 3.8) is 0 Å². The minimum Gasteiger partial charge on any atom is -0.294 e. The Morgan fingerprint density at radius 2 is 1.73 bits per heavy atom. The molecule has 1 heterocycles. The highest BCUT2D eigenvalue weighted by Crippen LogP contribution is 2.48. The minimum atomic E-state index is -0.104. The Hall–Kier alpha value is -2.92. The van der Waals surface area contributed by atoms with E-state index < -0.39 is 0 Å². The molecule has 0 saturated heterocycles. The number of benzene rings is 2. The minimum absolute atomic E-state index is 0.0697. The third kappa shape index (κ3) is 3.14. The van der Waals surface area contributed by atoms with Gasteiger partial charge in [0, 0.05) is 17.5 Å². The fourth-order valence-electron chi connectivity index (χ4n) is 5.44. The lowest BCUT2D eigenvalue weighted by molar-refractivity contribution is 0.283. The zero-order valence-electron chi connectivity index (χ0n) is 17.2. The third-order valence-corrected chi connectivity index (χ3v) is 6.91. The maximum Gasteiger partial charge on any atom is 0.259 e. The van der Waals surface area contributed by atoms with E-state index >= 15 is 0 Å². The molecule has 3 N–H and O–H groups in total. The van der Waals surface area contributed by atoms with Crippen molar-refractivity contribution in [1.29, 1.82) is 0 Å². The van der Waals surface area contributed by atoms with Crippen LogP contribution in [-0.2, 0) is 24.8 Å². The van der Waals surface area contributed by atoms with Crippen molar-refractivity contribution in [1.82, 2.24) is 9.55 Å². The highest BCUT2D eigenvalue weighted by atomic mass is 16.1. The number of nitrogen functional groups attached to an aromatic ring is 1. The maximum atomic E-state index is 13.9. The van der Waals surface area contributed by atoms with Gasteiger partial charge < -0.3 is 0 Å². The molecule has 3 aromatic rings. The Morgan fingerprint density at radius 1 is 1.00 bits per heavy atom. The molecular weight excluding hydrogens is 372 g/mol. The van der Waals surface area contributed by atoms with E-state index in [1.807, 2.05) is 24.3 Å². The first-order valence-electron chi connectivity index (χ1n) is 11.0. The summed E-state index contributed by atoms with van der Waals surface area (Å²) in [5.74, 6) is 6.28. The highest BCUT2D eigenvalue weighted by molar-refractivity contribution is 5.72. The van der Waals surface area contributed by atoms with Gasteiger partial charge in [0.2, 0.25) is 5.95 Å². The van der Waals surface area contributed by atoms with Crippen LogP contribution in [0.2, 0.25) is 0 Å². The number of nitrogens with zero attached hydrogens (tertiary/aromatic N) is 2. The van der Waals surface area contributed by atoms with Gasteiger partial charge in [0.05, 0.1) is 11.3 Å². The first kappa shape index (κ1) is 19.1. The molecule has 5 rings (SSSR count). The molecule has 2 aromatic carbocycles. The molecule has 154 valence electrons. The van der Waals surface area contributed by atoms with E-state index in [0.717, 1.165) is 42.5 Å². The van der Waals surface area contributed by atoms with Crippen LogP contribution in [0.4, 0.5) is 5.95 Å². The first-order chi connectivity index (χ1) is 14.7. The van der Waals surface area contributed by atoms with Gasteiger partial charge in [0.25, 0.3) is 5.56 Å². The molecule has 0 bridgehead atoms. The summed E-state index contributed by atoms with van der Waals surface area (Å²) in [6, 6.07) is 18.6. The number of nitrogens with one attached hydrogen (secondary N) is 1. The number of fused-ring (bicyclic) bond motifs is 4. The fraction of sp³-hybridized carbons (Fsp3) is 0.360. The van der Waals surface area contributed by atoms with Gasteiger partial charge in [0.1, 0.15) is 0 Å². The summed E-state index contributed by atoms with van der Waals surface area (Å²) in [5, 5.41) is 0. The number of anilines is 1. The molecule has 1 spiro atoms. The van der Waals surface area contributed by atoms with Crippen LogP contribution in [0.25, 0.3) is 11.3 Å². The second-order valence-corrected chi connectivity index (χ2v) is 8.67. The largest absolute Gasteiger partial charge is 0.294 e. The summed E-state index contributed by atoms with van der Waals surface area (Å²) < 4.78 is 1.75. The molecule has 30 heavy (non-hydrogen) atoms. The molecule has 5 nitrogen and oxygen atoms in total. The number of hydrogen-bond donors (Lipinski definition) is 2. The van der Waals surface area contributed by atoms with E-state index in [4.69, 9.17) is 10.8 Å². The summed E-state index contributed by atoms with van der Waals surface area (Å²) in [4.78, 5) is 18.8. The van der Waals surface area contributed by atoms with E-state index in [9.17, 15) is 4.79 Å². The average Bonchev–Trinajstić information content (AvgIpc) is 2.79. The summed E-state index contributed by atoms with van der Waals surface area (Å²) in [5.41, 5.74) is 7.97. The van der Waals surface area contributed by atoms with Gasteiger partial charge in [-0.15, -0.1) is 0 Å². The number of rotatable bonds is 4. The van der Waals surface area contributed by atoms with E-state index in [0.29, 0.717) is 12.5 Å². The smallest absolute Gasteiger partial charge is 0.259 e. The Balaban J connectivity index is 1.67. The van der Waals surface area contributed by atoms with Crippen LogP contribution in [0.3, 0.4) is 0 Å². The monoisotopic (exact) mass is 400 g/mol. The van der Waals surface area contributed by atoms with Gasteiger partial charge >= 0.3 is 0 Å². The first-order valence-corrected chi connectivity index (χ1v) is 11.0. The number of hydrogen-bond acceptors (Lipinski definition) is 4. The SMILES string of the molecule is NNc1nc2c(c(=O)n1CCc1ccccc1)C1(CCCCC1)Cc1ccccc1-2. The third-order valence-electron chi connectivity index (χ3n) is 6.91. The lowest BCUT2D eigenvalue weighted by Gasteiger charge is -2.42. The molecule has 2 aliphatic rings. The standard InChI is InChI=1S/C25H28N4O/c26-28-24-27-22-20-12-6-5-11-19(20)17-25(14-7-2-8-15-25)21(22)23(30)29(24)16-13-18-9-3-1-4-10-18/h1,3-6,9-12H,2,7-8,13-17,26H2,(H,27,28). The van der Waals surface area contributed by atoms with Gasteiger partial charge in [0.15, 0.2) is 0 Å². The molecule has 0 unspecified atom stereocenters. The van der Waals surface area contributed by atoms with Crippen LogP contribution in [0.1, 0.15) is 48.8 Å². The van der Waals surface area contributed by atoms with Crippen LogP contribution < -0.4 is 16.8 Å². The number of hydrazine groups is 1. The lowest BCUT2D eigenvalue weighted by atomic mass is 9.62. The normalized spacial score (nSPS) is 16.7. The van der Waals surface area contributed by atoms with Crippen molar-refractivity contribution in [3.8, 4) is 11.3 Å². The van der Waals surface area contributed by atoms with E-state index in [1.54, 1.807) is 4.57 Å². The van der Waals surface area contributed by atoms with Gasteiger partial charge in [-0.2, -0.15) is 0 Å². The molecule has 5 heteroatoms. The molecule has 0 radical (unpaired) electrons. The van der Waals surface area contributed by atoms with Crippen molar-refractivity contribution in [2.75, 3.05) is 5.43 Å². The molecule has 0 aliphatic heterocycles. The van der Waals surface area contributed by atoms with Crippen LogP contribution in [0.15, 0.2) is 59.4 Å². The van der Waals surface area contributed by atoms with Gasteiger partial charge in [-0.05, 0) is 36.8 Å². The van der Waals surface area contributed by atoms with Crippen LogP contribution in [0.5, 0.6) is 0 Å². The second kappa shape index (κ2) is 7.73. The lowest BCUT2D eigenvalue weighted by Crippen LogP contribution is -2.43. The Kier molecular flexibility index (Phi) is 4.91. The van der Waals surface area contributed by atoms with Gasteiger partial charge in [-0.1, -0.05) is 73.9 Å². The summed E-state index contributed by atoms with van der Waals surface area (Å²) in [6.07, 6.45) is 7.39. The zero-order valence-corrected chi connectivity index (χ0v) is 17.2. The number of aryl methyl sites for hydroxylation is 1. The molecular formula is C25H28N4O. The summed E-state index contributed by atoms with van der Waals surface area (Å²) in [6.45, 7) is 0.556. The Bertz CT molecular complexity index is 1110. The van der Waals surface area contributed by atoms with Crippen molar-refractivity contribution < 1.29 is 0 Å². The van der Waals surface area contributed by atoms with Crippen molar-refractivity contribution in [3.05, 3.63) is 81.6 Å². The topological polar surface area (TPSA) is 72.9 Å². The second-order valence-electron chi connectivity index (χ2n) is 8.67. The molecule has 1 saturated carbocycles. The Morgan fingerprint density at radius 3 is 2.50 bits per heavy atom. The highest BCUT2D eigenvalue weighted by Gasteiger charge is 2.43. The quantitative estimate of drug-likeness (QED) is 0.509. The van der Waals surface area contributed by atoms with E-state index in [1.165, 1.54) is 30.4 Å². The maximum absolute atomic E-state index is 13.9. The molecule has 2 aliphatic carbocycles. The van der Waals surface area contributed by atoms with Crippen LogP contribution in [0, 0.1) is 0 Å². The molecule has 0 atom stereocenters. The fourth-order valence-corrected chi connectivity index (χ4v) is 5.44. The van der Waals surface area contributed by atoms with Crippen LogP contribution in [-0.4, -0.2) is 9.55 Å². The summed E-state index contributed by atoms with van der Waals surface area (Å²) >= 11 is 0. The van der Waals surface area contributed by atoms with Crippen molar-refractivity contribution >= 4 is 5.95 Å². The van der Waals surface area contributed by atoms with Gasteiger partial charge in [-0.25, -0.2) is 10.8 Å². The molecule has 1 aromatic heterocycles. The van der Waals surface area contributed by atoms with E-state index in [2.05, 4.69) is 35.8 Å². The number of nitrogens with two attached hydrogens (primary N) is 1. The van der Waals surface area contributed by atoms with E-state index in [-0.39, 0.29) is 11.0 Å². The van der Waals surface area contributed by atoms with Gasteiger partial charge in [-0.3, -0.25) is 14.8 Å². The number of aromatic nitrogens is 2. The van der Waals surface area contributed by atoms with Crippen molar-refractivity contribution in [2.24, 2.45) is 5.84 Å². The van der Waals surface area contributed by atoms with Crippen molar-refractivity contribution in [2.45, 2.75) is 56.9 Å².